The SMILES string of the molecule is COc1ccc2c(c1CCN1CCC(n3ccc4ccc(C(N)=O)cc43)CC1)OC1(CCOCC1)CC2=O.O=C1CC2(CCOCC2)Oc2cc(O)ccc21.Oc1cccc(O)c1. The molecule has 5 aliphatic heterocycles. The smallest absolute Gasteiger partial charge is 0.248 e. The van der Waals surface area contributed by atoms with E-state index < -0.39 is 17.1 Å². The number of aromatic hydroxyl groups is 3. The monoisotopic (exact) mass is 861 g/mol. The minimum atomic E-state index is -0.463. The van der Waals surface area contributed by atoms with Crippen molar-refractivity contribution < 1.29 is 53.4 Å². The normalized spacial score (nSPS) is 19.1. The van der Waals surface area contributed by atoms with Crippen LogP contribution >= 0.6 is 0 Å². The molecule has 5 N–H and O–H groups in total. The van der Waals surface area contributed by atoms with Gasteiger partial charge in [0.05, 0.1) is 57.5 Å². The zero-order valence-electron chi connectivity index (χ0n) is 35.6. The molecule has 2 spiro atoms. The molecule has 5 aromatic rings. The number of amides is 1. The van der Waals surface area contributed by atoms with Crippen LogP contribution in [0, 0.1) is 0 Å². The number of ketones is 2. The van der Waals surface area contributed by atoms with Crippen LogP contribution in [0.4, 0.5) is 0 Å². The number of benzene rings is 4. The molecule has 0 aliphatic carbocycles. The van der Waals surface area contributed by atoms with Crippen LogP contribution in [-0.4, -0.2) is 107 Å². The Morgan fingerprint density at radius 2 is 1.38 bits per heavy atom. The number of nitrogens with zero attached hydrogens (tertiary/aromatic N) is 2. The number of aromatic nitrogens is 1. The number of piperidine rings is 1. The number of methoxy groups -OCH3 is 1. The quantitative estimate of drug-likeness (QED) is 0.135. The highest BCUT2D eigenvalue weighted by atomic mass is 16.5. The van der Waals surface area contributed by atoms with Crippen LogP contribution < -0.4 is 19.9 Å². The fourth-order valence-corrected chi connectivity index (χ4v) is 9.35. The zero-order chi connectivity index (χ0) is 44.1. The highest BCUT2D eigenvalue weighted by Crippen LogP contribution is 2.44. The van der Waals surface area contributed by atoms with Gasteiger partial charge in [0, 0.05) is 86.3 Å². The van der Waals surface area contributed by atoms with Gasteiger partial charge in [0.15, 0.2) is 11.6 Å². The largest absolute Gasteiger partial charge is 0.508 e. The maximum absolute atomic E-state index is 13.1. The predicted molar refractivity (Wildman–Crippen MR) is 234 cm³/mol. The van der Waals surface area contributed by atoms with Gasteiger partial charge < -0.3 is 54.2 Å². The Morgan fingerprint density at radius 3 is 2.00 bits per heavy atom. The number of carbonyl (C=O) groups is 3. The van der Waals surface area contributed by atoms with Crippen molar-refractivity contribution in [3.05, 3.63) is 107 Å². The molecule has 0 saturated carbocycles. The van der Waals surface area contributed by atoms with Crippen molar-refractivity contribution in [1.82, 2.24) is 9.47 Å². The minimum absolute atomic E-state index is 0.0880. The Kier molecular flexibility index (Phi) is 12.9. The van der Waals surface area contributed by atoms with Gasteiger partial charge in [-0.25, -0.2) is 0 Å². The van der Waals surface area contributed by atoms with Crippen LogP contribution in [-0.2, 0) is 15.9 Å². The highest BCUT2D eigenvalue weighted by Gasteiger charge is 2.44. The number of ether oxygens (including phenoxy) is 5. The molecule has 6 heterocycles. The summed E-state index contributed by atoms with van der Waals surface area (Å²) in [6.45, 7) is 5.31. The highest BCUT2D eigenvalue weighted by molar-refractivity contribution is 6.01. The van der Waals surface area contributed by atoms with Crippen molar-refractivity contribution in [2.75, 3.05) is 53.2 Å². The molecule has 1 aromatic heterocycles. The lowest BCUT2D eigenvalue weighted by Gasteiger charge is -2.41. The lowest BCUT2D eigenvalue weighted by Crippen LogP contribution is -2.46. The first-order valence-electron chi connectivity index (χ1n) is 21.7. The van der Waals surface area contributed by atoms with Gasteiger partial charge in [0.1, 0.15) is 45.7 Å². The van der Waals surface area contributed by atoms with E-state index in [-0.39, 0.29) is 28.8 Å². The summed E-state index contributed by atoms with van der Waals surface area (Å²) in [7, 11) is 1.68. The third-order valence-electron chi connectivity index (χ3n) is 12.9. The number of phenols is 3. The van der Waals surface area contributed by atoms with Crippen LogP contribution in [0.5, 0.6) is 34.5 Å². The number of primary amides is 1. The van der Waals surface area contributed by atoms with E-state index in [1.165, 1.54) is 30.3 Å². The van der Waals surface area contributed by atoms with Crippen molar-refractivity contribution >= 4 is 28.4 Å². The van der Waals surface area contributed by atoms with E-state index in [0.29, 0.717) is 73.5 Å². The second-order valence-electron chi connectivity index (χ2n) is 17.0. The summed E-state index contributed by atoms with van der Waals surface area (Å²) in [6.07, 6.45) is 8.67. The van der Waals surface area contributed by atoms with E-state index in [0.717, 1.165) is 86.8 Å². The summed E-state index contributed by atoms with van der Waals surface area (Å²) in [6, 6.07) is 22.4. The topological polar surface area (TPSA) is 192 Å². The van der Waals surface area contributed by atoms with Crippen LogP contribution in [0.1, 0.15) is 94.0 Å². The van der Waals surface area contributed by atoms with Crippen molar-refractivity contribution in [2.24, 2.45) is 5.73 Å². The molecule has 14 nitrogen and oxygen atoms in total. The average molecular weight is 862 g/mol. The molecule has 0 atom stereocenters. The molecule has 5 aliphatic rings. The molecule has 10 rings (SSSR count). The Morgan fingerprint density at radius 1 is 0.762 bits per heavy atom. The van der Waals surface area contributed by atoms with Crippen molar-refractivity contribution in [1.29, 1.82) is 0 Å². The Labute approximate surface area is 366 Å². The fourth-order valence-electron chi connectivity index (χ4n) is 9.35. The number of nitrogens with two attached hydrogens (primary N) is 1. The van der Waals surface area contributed by atoms with Crippen molar-refractivity contribution in [3.63, 3.8) is 0 Å². The van der Waals surface area contributed by atoms with Gasteiger partial charge in [0.2, 0.25) is 5.91 Å². The third-order valence-corrected chi connectivity index (χ3v) is 12.9. The molecule has 14 heteroatoms. The van der Waals surface area contributed by atoms with Gasteiger partial charge >= 0.3 is 0 Å². The second-order valence-corrected chi connectivity index (χ2v) is 17.0. The van der Waals surface area contributed by atoms with Crippen LogP contribution in [0.15, 0.2) is 85.1 Å². The molecule has 1 amide bonds. The molecule has 332 valence electrons. The Balaban J connectivity index is 0.000000177. The molecule has 3 saturated heterocycles. The minimum Gasteiger partial charge on any atom is -0.508 e. The van der Waals surface area contributed by atoms with Crippen LogP contribution in [0.3, 0.4) is 0 Å². The van der Waals surface area contributed by atoms with E-state index >= 15 is 0 Å². The number of rotatable bonds is 6. The first-order chi connectivity index (χ1) is 30.4. The summed E-state index contributed by atoms with van der Waals surface area (Å²) >= 11 is 0. The maximum atomic E-state index is 13.1. The zero-order valence-corrected chi connectivity index (χ0v) is 35.6. The molecule has 0 radical (unpaired) electrons. The lowest BCUT2D eigenvalue weighted by atomic mass is 9.83. The molecular formula is C49H55N3O11. The van der Waals surface area contributed by atoms with E-state index in [1.54, 1.807) is 25.3 Å². The summed E-state index contributed by atoms with van der Waals surface area (Å²) in [4.78, 5) is 39.4. The Hall–Kier alpha value is -6.09. The standard InChI is InChI=1S/C30H35N3O5.C13H14O4.C6H6O2/c1-36-27-5-4-23-26(34)19-30(10-16-37-17-11-30)38-28(23)24(27)9-14-32-12-7-22(8-13-32)33-15-6-20-2-3-21(29(31)35)18-25(20)33;14-9-1-2-10-11(15)8-13(17-12(10)7-9)3-5-16-6-4-13;7-5-2-1-3-6(8)4-5/h2-6,15,18,22H,7-14,16-17,19H2,1H3,(H2,31,35);1-2,7,14H,3-6,8H2;1-4,7-8H. The predicted octanol–water partition coefficient (Wildman–Crippen LogP) is 7.15. The van der Waals surface area contributed by atoms with Crippen molar-refractivity contribution in [2.45, 2.75) is 75.0 Å². The number of phenolic OH excluding ortho intramolecular Hbond substituents is 3. The van der Waals surface area contributed by atoms with Gasteiger partial charge in [-0.1, -0.05) is 12.1 Å². The number of Topliss-reactive ketones (excluding diaryl/α,β-unsaturated/α-hetero) is 2. The van der Waals surface area contributed by atoms with E-state index in [2.05, 4.69) is 21.7 Å². The van der Waals surface area contributed by atoms with Crippen LogP contribution in [0.25, 0.3) is 10.9 Å². The first kappa shape index (κ1) is 43.6. The summed E-state index contributed by atoms with van der Waals surface area (Å²) < 4.78 is 31.5. The molecular weight excluding hydrogens is 807 g/mol. The lowest BCUT2D eigenvalue weighted by molar-refractivity contribution is -0.0514. The summed E-state index contributed by atoms with van der Waals surface area (Å²) in [5.41, 5.74) is 8.46. The number of hydrogen-bond donors (Lipinski definition) is 4. The first-order valence-corrected chi connectivity index (χ1v) is 21.7. The number of carbonyl (C=O) groups excluding carboxylic acids is 3. The maximum Gasteiger partial charge on any atom is 0.248 e. The summed E-state index contributed by atoms with van der Waals surface area (Å²) in [5, 5.41) is 27.9. The number of hydrogen-bond acceptors (Lipinski definition) is 12. The number of likely N-dealkylation sites (tertiary alicyclic amines) is 1. The number of fused-ring (bicyclic) bond motifs is 3. The third kappa shape index (κ3) is 9.78. The fraction of sp³-hybridized carbons (Fsp3) is 0.408. The Bertz CT molecular complexity index is 2440. The summed E-state index contributed by atoms with van der Waals surface area (Å²) in [5.74, 6) is 2.13. The molecule has 0 bridgehead atoms. The van der Waals surface area contributed by atoms with E-state index in [1.807, 2.05) is 24.3 Å². The van der Waals surface area contributed by atoms with Crippen molar-refractivity contribution in [3.8, 4) is 34.5 Å². The van der Waals surface area contributed by atoms with Gasteiger partial charge in [-0.3, -0.25) is 14.4 Å². The molecule has 63 heavy (non-hydrogen) atoms. The van der Waals surface area contributed by atoms with Gasteiger partial charge in [-0.2, -0.15) is 0 Å². The van der Waals surface area contributed by atoms with E-state index in [4.69, 9.17) is 39.6 Å². The van der Waals surface area contributed by atoms with E-state index in [9.17, 15) is 19.5 Å². The second kappa shape index (κ2) is 18.7. The van der Waals surface area contributed by atoms with Gasteiger partial charge in [-0.05, 0) is 79.2 Å². The van der Waals surface area contributed by atoms with Gasteiger partial charge in [-0.15, -0.1) is 0 Å². The molecule has 0 unspecified atom stereocenters. The molecule has 3 fully saturated rings. The average Bonchev–Trinajstić information content (AvgIpc) is 3.70. The molecule has 4 aromatic carbocycles. The van der Waals surface area contributed by atoms with Crippen LogP contribution in [0.2, 0.25) is 0 Å². The van der Waals surface area contributed by atoms with Gasteiger partial charge in [0.25, 0.3) is 0 Å².